The van der Waals surface area contributed by atoms with E-state index in [1.54, 1.807) is 18.2 Å². The molecule has 0 aliphatic heterocycles. The third kappa shape index (κ3) is 4.61. The van der Waals surface area contributed by atoms with Crippen molar-refractivity contribution in [3.63, 3.8) is 0 Å². The molecular formula is C19H16F3N3O3. The molecule has 0 saturated heterocycles. The number of ether oxygens (including phenoxy) is 1. The number of hydrogen-bond donors (Lipinski definition) is 2. The zero-order chi connectivity index (χ0) is 20.1. The Morgan fingerprint density at radius 3 is 2.68 bits per heavy atom. The number of hydrogen-bond acceptors (Lipinski definition) is 5. The lowest BCUT2D eigenvalue weighted by Crippen LogP contribution is -2.22. The molecule has 1 aromatic heterocycles. The summed E-state index contributed by atoms with van der Waals surface area (Å²) in [5.41, 5.74) is 0.546. The summed E-state index contributed by atoms with van der Waals surface area (Å²) >= 11 is 0. The number of alkyl halides is 3. The van der Waals surface area contributed by atoms with E-state index in [-0.39, 0.29) is 12.2 Å². The minimum absolute atomic E-state index is 0.197. The van der Waals surface area contributed by atoms with E-state index in [0.29, 0.717) is 22.8 Å². The van der Waals surface area contributed by atoms with Gasteiger partial charge in [-0.15, -0.1) is 0 Å². The van der Waals surface area contributed by atoms with Gasteiger partial charge in [0, 0.05) is 17.4 Å². The summed E-state index contributed by atoms with van der Waals surface area (Å²) in [6, 6.07) is 9.61. The van der Waals surface area contributed by atoms with Gasteiger partial charge in [-0.2, -0.15) is 13.2 Å². The number of benzene rings is 2. The van der Waals surface area contributed by atoms with Gasteiger partial charge in [0.05, 0.1) is 31.0 Å². The molecule has 3 aromatic rings. The fourth-order valence-electron chi connectivity index (χ4n) is 2.51. The number of nitrogens with zero attached hydrogens (tertiary/aromatic N) is 1. The van der Waals surface area contributed by atoms with Crippen molar-refractivity contribution >= 4 is 17.3 Å². The van der Waals surface area contributed by atoms with Crippen LogP contribution in [0.5, 0.6) is 5.75 Å². The average molecular weight is 391 g/mol. The molecule has 0 fully saturated rings. The molecule has 3 rings (SSSR count). The summed E-state index contributed by atoms with van der Waals surface area (Å²) in [6.45, 7) is -0.201. The maximum atomic E-state index is 12.7. The summed E-state index contributed by atoms with van der Waals surface area (Å²) in [4.78, 5) is 16.0. The monoisotopic (exact) mass is 391 g/mol. The summed E-state index contributed by atoms with van der Waals surface area (Å²) in [7, 11) is 1.48. The molecule has 0 radical (unpaired) electrons. The normalized spacial score (nSPS) is 11.1. The number of amides is 1. The van der Waals surface area contributed by atoms with Crippen LogP contribution in [-0.4, -0.2) is 24.5 Å². The predicted octanol–water partition coefficient (Wildman–Crippen LogP) is 4.42. The van der Waals surface area contributed by atoms with Crippen molar-refractivity contribution in [2.45, 2.75) is 6.18 Å². The number of nitrogens with one attached hydrogen (secondary N) is 2. The minimum Gasteiger partial charge on any atom is -0.496 e. The highest BCUT2D eigenvalue weighted by Gasteiger charge is 2.30. The lowest BCUT2D eigenvalue weighted by Gasteiger charge is -2.12. The summed E-state index contributed by atoms with van der Waals surface area (Å²) in [5, 5.41) is 5.33. The van der Waals surface area contributed by atoms with Gasteiger partial charge in [0.2, 0.25) is 5.91 Å². The Hall–Kier alpha value is -3.49. The van der Waals surface area contributed by atoms with Crippen LogP contribution >= 0.6 is 0 Å². The van der Waals surface area contributed by atoms with Gasteiger partial charge < -0.3 is 19.8 Å². The van der Waals surface area contributed by atoms with Crippen LogP contribution in [0.4, 0.5) is 24.5 Å². The Balaban J connectivity index is 1.64. The van der Waals surface area contributed by atoms with Crippen LogP contribution in [0.15, 0.2) is 59.5 Å². The van der Waals surface area contributed by atoms with Crippen LogP contribution in [-0.2, 0) is 11.0 Å². The third-order valence-electron chi connectivity index (χ3n) is 3.83. The van der Waals surface area contributed by atoms with Gasteiger partial charge in [-0.25, -0.2) is 4.98 Å². The quantitative estimate of drug-likeness (QED) is 0.651. The third-order valence-corrected chi connectivity index (χ3v) is 3.83. The lowest BCUT2D eigenvalue weighted by atomic mass is 10.1. The Morgan fingerprint density at radius 1 is 1.18 bits per heavy atom. The van der Waals surface area contributed by atoms with E-state index in [1.165, 1.54) is 31.8 Å². The fraction of sp³-hybridized carbons (Fsp3) is 0.158. The number of carbonyl (C=O) groups is 1. The highest BCUT2D eigenvalue weighted by atomic mass is 19.4. The van der Waals surface area contributed by atoms with Gasteiger partial charge in [-0.3, -0.25) is 4.79 Å². The molecule has 9 heteroatoms. The number of rotatable bonds is 6. The van der Waals surface area contributed by atoms with Crippen molar-refractivity contribution in [3.05, 3.63) is 60.6 Å². The summed E-state index contributed by atoms with van der Waals surface area (Å²) in [5.74, 6) is 0.563. The van der Waals surface area contributed by atoms with Crippen molar-refractivity contribution < 1.29 is 27.1 Å². The van der Waals surface area contributed by atoms with Crippen molar-refractivity contribution in [3.8, 4) is 17.1 Å². The second kappa shape index (κ2) is 8.03. The van der Waals surface area contributed by atoms with E-state index in [9.17, 15) is 18.0 Å². The van der Waals surface area contributed by atoms with Crippen molar-refractivity contribution in [1.29, 1.82) is 0 Å². The van der Waals surface area contributed by atoms with Crippen LogP contribution in [0.25, 0.3) is 11.3 Å². The first-order chi connectivity index (χ1) is 13.4. The number of carbonyl (C=O) groups excluding carboxylic acids is 1. The molecule has 0 spiro atoms. The first kappa shape index (κ1) is 19.3. The van der Waals surface area contributed by atoms with Gasteiger partial charge in [0.25, 0.3) is 0 Å². The molecular weight excluding hydrogens is 375 g/mol. The van der Waals surface area contributed by atoms with E-state index >= 15 is 0 Å². The largest absolute Gasteiger partial charge is 0.496 e. The maximum Gasteiger partial charge on any atom is 0.416 e. The van der Waals surface area contributed by atoms with E-state index < -0.39 is 17.6 Å². The Labute approximate surface area is 158 Å². The van der Waals surface area contributed by atoms with Crippen LogP contribution in [0, 0.1) is 0 Å². The van der Waals surface area contributed by atoms with Crippen LogP contribution < -0.4 is 15.4 Å². The molecule has 0 unspecified atom stereocenters. The van der Waals surface area contributed by atoms with Crippen molar-refractivity contribution in [2.75, 3.05) is 24.3 Å². The molecule has 0 aliphatic carbocycles. The second-order valence-corrected chi connectivity index (χ2v) is 5.76. The van der Waals surface area contributed by atoms with E-state index in [0.717, 1.165) is 12.1 Å². The zero-order valence-electron chi connectivity index (χ0n) is 14.7. The molecule has 0 bridgehead atoms. The summed E-state index contributed by atoms with van der Waals surface area (Å²) < 4.78 is 48.7. The number of aromatic nitrogens is 1. The first-order valence-electron chi connectivity index (χ1n) is 8.14. The molecule has 146 valence electrons. The van der Waals surface area contributed by atoms with E-state index in [4.69, 9.17) is 9.15 Å². The molecule has 0 saturated carbocycles. The van der Waals surface area contributed by atoms with E-state index in [1.807, 2.05) is 0 Å². The number of halogens is 3. The Kier molecular flexibility index (Phi) is 5.53. The average Bonchev–Trinajstić information content (AvgIpc) is 3.20. The summed E-state index contributed by atoms with van der Waals surface area (Å²) in [6.07, 6.45) is -1.61. The minimum atomic E-state index is -4.44. The molecule has 0 atom stereocenters. The molecule has 28 heavy (non-hydrogen) atoms. The Bertz CT molecular complexity index is 957. The molecule has 2 aromatic carbocycles. The zero-order valence-corrected chi connectivity index (χ0v) is 14.7. The molecule has 0 aliphatic rings. The smallest absolute Gasteiger partial charge is 0.416 e. The standard InChI is InChI=1S/C19H16F3N3O3/c1-27-16-8-14(5-6-15(16)17-9-23-11-28-17)25-18(26)10-24-13-4-2-3-12(7-13)19(20,21)22/h2-9,11,24H,10H2,1H3,(H,25,26). The van der Waals surface area contributed by atoms with Crippen molar-refractivity contribution in [1.82, 2.24) is 4.98 Å². The van der Waals surface area contributed by atoms with Gasteiger partial charge in [0.15, 0.2) is 12.2 Å². The molecule has 1 heterocycles. The maximum absolute atomic E-state index is 12.7. The first-order valence-corrected chi connectivity index (χ1v) is 8.14. The van der Waals surface area contributed by atoms with Crippen LogP contribution in [0.3, 0.4) is 0 Å². The molecule has 6 nitrogen and oxygen atoms in total. The van der Waals surface area contributed by atoms with Gasteiger partial charge in [-0.05, 0) is 30.3 Å². The topological polar surface area (TPSA) is 76.4 Å². The highest BCUT2D eigenvalue weighted by Crippen LogP contribution is 2.32. The lowest BCUT2D eigenvalue weighted by molar-refractivity contribution is -0.137. The molecule has 1 amide bonds. The van der Waals surface area contributed by atoms with Gasteiger partial charge in [0.1, 0.15) is 5.75 Å². The van der Waals surface area contributed by atoms with Crippen LogP contribution in [0.1, 0.15) is 5.56 Å². The predicted molar refractivity (Wildman–Crippen MR) is 97.1 cm³/mol. The Morgan fingerprint density at radius 2 is 2.00 bits per heavy atom. The second-order valence-electron chi connectivity index (χ2n) is 5.76. The highest BCUT2D eigenvalue weighted by molar-refractivity contribution is 5.94. The SMILES string of the molecule is COc1cc(NC(=O)CNc2cccc(C(F)(F)F)c2)ccc1-c1cnco1. The van der Waals surface area contributed by atoms with Crippen molar-refractivity contribution in [2.24, 2.45) is 0 Å². The number of methoxy groups -OCH3 is 1. The van der Waals surface area contributed by atoms with Gasteiger partial charge in [-0.1, -0.05) is 6.07 Å². The molecule has 2 N–H and O–H groups in total. The number of anilines is 2. The van der Waals surface area contributed by atoms with E-state index in [2.05, 4.69) is 15.6 Å². The fourth-order valence-corrected chi connectivity index (χ4v) is 2.51. The van der Waals surface area contributed by atoms with Gasteiger partial charge >= 0.3 is 6.18 Å². The van der Waals surface area contributed by atoms with Crippen LogP contribution in [0.2, 0.25) is 0 Å². The number of oxazole rings is 1.